The monoisotopic (exact) mass is 258 g/mol. The lowest BCUT2D eigenvalue weighted by molar-refractivity contribution is -0.0549. The third-order valence-corrected chi connectivity index (χ3v) is 2.77. The molecule has 0 aliphatic carbocycles. The number of anilines is 1. The van der Waals surface area contributed by atoms with Crippen LogP contribution >= 0.6 is 0 Å². The van der Waals surface area contributed by atoms with E-state index in [0.29, 0.717) is 0 Å². The van der Waals surface area contributed by atoms with E-state index in [1.165, 1.54) is 12.3 Å². The summed E-state index contributed by atoms with van der Waals surface area (Å²) in [6, 6.07) is 1.41. The second kappa shape index (κ2) is 5.00. The van der Waals surface area contributed by atoms with Gasteiger partial charge in [-0.05, 0) is 6.07 Å². The molecule has 9 nitrogen and oxygen atoms in total. The molecule has 6 N–H and O–H groups in total. The van der Waals surface area contributed by atoms with Crippen molar-refractivity contribution in [1.29, 1.82) is 0 Å². The Kier molecular flexibility index (Phi) is 3.59. The van der Waals surface area contributed by atoms with E-state index in [9.17, 15) is 15.0 Å². The van der Waals surface area contributed by atoms with Crippen molar-refractivity contribution in [3.63, 3.8) is 0 Å². The van der Waals surface area contributed by atoms with Crippen LogP contribution in [0.4, 0.5) is 5.82 Å². The van der Waals surface area contributed by atoms with Gasteiger partial charge in [-0.1, -0.05) is 0 Å². The van der Waals surface area contributed by atoms with E-state index in [-0.39, 0.29) is 5.82 Å². The largest absolute Gasteiger partial charge is 0.394 e. The quantitative estimate of drug-likeness (QED) is 0.288. The maximum Gasteiger partial charge on any atom is 0.351 e. The maximum atomic E-state index is 11.7. The Hall–Kier alpha value is -1.52. The molecular formula is C9H14N4O5. The molecule has 2 rings (SSSR count). The van der Waals surface area contributed by atoms with Crippen LogP contribution < -0.4 is 17.0 Å². The summed E-state index contributed by atoms with van der Waals surface area (Å²) in [4.78, 5) is 15.2. The maximum absolute atomic E-state index is 11.7. The number of nitrogens with two attached hydrogens (primary N) is 1. The van der Waals surface area contributed by atoms with Gasteiger partial charge in [-0.15, -0.1) is 0 Å². The zero-order valence-corrected chi connectivity index (χ0v) is 9.30. The zero-order valence-electron chi connectivity index (χ0n) is 9.30. The Morgan fingerprint density at radius 1 is 1.50 bits per heavy atom. The van der Waals surface area contributed by atoms with E-state index >= 15 is 0 Å². The van der Waals surface area contributed by atoms with Crippen LogP contribution in [0.3, 0.4) is 0 Å². The summed E-state index contributed by atoms with van der Waals surface area (Å²) in [5.74, 6) is 5.27. The highest BCUT2D eigenvalue weighted by molar-refractivity contribution is 5.29. The number of nitrogens with one attached hydrogen (secondary N) is 1. The standard InChI is InChI=1S/C9H14N4O5/c10-12-5-1-2-13(9(17)11-5)8-7(16)6(15)4(3-14)18-8/h1-2,4,6-8,14-16H,3,10H2,(H,11,12,17)/t4-,6+,7-,8-/m1/s1. The highest BCUT2D eigenvalue weighted by atomic mass is 16.6. The second-order valence-electron chi connectivity index (χ2n) is 3.88. The normalized spacial score (nSPS) is 31.6. The average molecular weight is 258 g/mol. The number of ether oxygens (including phenoxy) is 1. The fourth-order valence-corrected chi connectivity index (χ4v) is 1.80. The Bertz CT molecular complexity index is 478. The molecule has 1 aromatic heterocycles. The Labute approximate surface area is 101 Å². The fraction of sp³-hybridized carbons (Fsp3) is 0.556. The molecule has 9 heteroatoms. The summed E-state index contributed by atoms with van der Waals surface area (Å²) in [6.45, 7) is -0.459. The van der Waals surface area contributed by atoms with Gasteiger partial charge in [-0.25, -0.2) is 10.6 Å². The van der Waals surface area contributed by atoms with Gasteiger partial charge in [0.2, 0.25) is 0 Å². The number of nitrogens with zero attached hydrogens (tertiary/aromatic N) is 2. The molecule has 0 aromatic carbocycles. The molecule has 2 heterocycles. The summed E-state index contributed by atoms with van der Waals surface area (Å²) < 4.78 is 6.22. The summed E-state index contributed by atoms with van der Waals surface area (Å²) in [5.41, 5.74) is 1.51. The highest BCUT2D eigenvalue weighted by Gasteiger charge is 2.43. The first-order valence-electron chi connectivity index (χ1n) is 5.26. The third kappa shape index (κ3) is 2.09. The molecule has 18 heavy (non-hydrogen) atoms. The number of aromatic nitrogens is 2. The lowest BCUT2D eigenvalue weighted by atomic mass is 10.1. The zero-order chi connectivity index (χ0) is 13.3. The van der Waals surface area contributed by atoms with Gasteiger partial charge in [0.05, 0.1) is 6.61 Å². The van der Waals surface area contributed by atoms with Gasteiger partial charge >= 0.3 is 5.69 Å². The number of nitrogen functional groups attached to an aromatic ring is 1. The van der Waals surface area contributed by atoms with Crippen LogP contribution in [0.5, 0.6) is 0 Å². The SMILES string of the molecule is NNc1ccn([C@@H]2O[C@H](CO)[C@H](O)[C@H]2O)c(=O)n1. The highest BCUT2D eigenvalue weighted by Crippen LogP contribution is 2.27. The summed E-state index contributed by atoms with van der Waals surface area (Å²) in [6.07, 6.45) is -3.30. The van der Waals surface area contributed by atoms with Crippen molar-refractivity contribution >= 4 is 5.82 Å². The van der Waals surface area contributed by atoms with Crippen LogP contribution in [0.25, 0.3) is 0 Å². The van der Waals surface area contributed by atoms with Crippen molar-refractivity contribution in [3.05, 3.63) is 22.7 Å². The fourth-order valence-electron chi connectivity index (χ4n) is 1.80. The second-order valence-corrected chi connectivity index (χ2v) is 3.88. The smallest absolute Gasteiger partial charge is 0.351 e. The van der Waals surface area contributed by atoms with Crippen molar-refractivity contribution < 1.29 is 20.1 Å². The minimum absolute atomic E-state index is 0.169. The summed E-state index contributed by atoms with van der Waals surface area (Å²) >= 11 is 0. The molecule has 1 aliphatic heterocycles. The Morgan fingerprint density at radius 2 is 2.22 bits per heavy atom. The van der Waals surface area contributed by atoms with Crippen molar-refractivity contribution in [2.45, 2.75) is 24.5 Å². The topological polar surface area (TPSA) is 143 Å². The van der Waals surface area contributed by atoms with Crippen molar-refractivity contribution in [3.8, 4) is 0 Å². The van der Waals surface area contributed by atoms with Gasteiger partial charge < -0.3 is 25.5 Å². The minimum atomic E-state index is -1.32. The average Bonchev–Trinajstić information content (AvgIpc) is 2.66. The van der Waals surface area contributed by atoms with Crippen molar-refractivity contribution in [2.24, 2.45) is 5.84 Å². The van der Waals surface area contributed by atoms with Crippen LogP contribution in [0, 0.1) is 0 Å². The lowest BCUT2D eigenvalue weighted by Gasteiger charge is -2.17. The molecule has 1 aliphatic rings. The molecule has 0 unspecified atom stereocenters. The number of aliphatic hydroxyl groups excluding tert-OH is 3. The molecule has 1 saturated heterocycles. The summed E-state index contributed by atoms with van der Waals surface area (Å²) in [7, 11) is 0. The molecule has 0 amide bonds. The van der Waals surface area contributed by atoms with E-state index < -0.39 is 36.8 Å². The van der Waals surface area contributed by atoms with Gasteiger partial charge in [-0.3, -0.25) is 4.57 Å². The number of rotatable bonds is 3. The lowest BCUT2D eigenvalue weighted by Crippen LogP contribution is -2.36. The van der Waals surface area contributed by atoms with Gasteiger partial charge in [0.25, 0.3) is 0 Å². The van der Waals surface area contributed by atoms with Crippen LogP contribution in [0.15, 0.2) is 17.1 Å². The molecule has 0 saturated carbocycles. The van der Waals surface area contributed by atoms with Crippen LogP contribution in [-0.4, -0.2) is 49.8 Å². The number of hydrogen-bond acceptors (Lipinski definition) is 8. The van der Waals surface area contributed by atoms with Crippen molar-refractivity contribution in [2.75, 3.05) is 12.0 Å². The van der Waals surface area contributed by atoms with Crippen LogP contribution in [0.1, 0.15) is 6.23 Å². The minimum Gasteiger partial charge on any atom is -0.394 e. The van der Waals surface area contributed by atoms with E-state index in [2.05, 4.69) is 10.4 Å². The molecule has 0 radical (unpaired) electrons. The predicted molar refractivity (Wildman–Crippen MR) is 59.3 cm³/mol. The number of aliphatic hydroxyl groups is 3. The van der Waals surface area contributed by atoms with Gasteiger partial charge in [0.15, 0.2) is 6.23 Å². The van der Waals surface area contributed by atoms with Gasteiger partial charge in [0, 0.05) is 6.20 Å². The third-order valence-electron chi connectivity index (χ3n) is 2.77. The van der Waals surface area contributed by atoms with E-state index in [0.717, 1.165) is 4.57 Å². The number of hydrazine groups is 1. The van der Waals surface area contributed by atoms with Gasteiger partial charge in [0.1, 0.15) is 24.1 Å². The number of hydrogen-bond donors (Lipinski definition) is 5. The first-order chi connectivity index (χ1) is 8.58. The van der Waals surface area contributed by atoms with E-state index in [1.54, 1.807) is 0 Å². The van der Waals surface area contributed by atoms with E-state index in [4.69, 9.17) is 15.7 Å². The van der Waals surface area contributed by atoms with Crippen LogP contribution in [-0.2, 0) is 4.74 Å². The molecule has 1 fully saturated rings. The molecule has 1 aromatic rings. The summed E-state index contributed by atoms with van der Waals surface area (Å²) in [5, 5.41) is 28.3. The first kappa shape index (κ1) is 12.9. The Balaban J connectivity index is 2.30. The first-order valence-corrected chi connectivity index (χ1v) is 5.26. The molecule has 0 bridgehead atoms. The molecular weight excluding hydrogens is 244 g/mol. The Morgan fingerprint density at radius 3 is 2.72 bits per heavy atom. The predicted octanol–water partition coefficient (Wildman–Crippen LogP) is -2.86. The van der Waals surface area contributed by atoms with E-state index in [1.807, 2.05) is 0 Å². The molecule has 0 spiro atoms. The van der Waals surface area contributed by atoms with Crippen molar-refractivity contribution in [1.82, 2.24) is 9.55 Å². The molecule has 4 atom stereocenters. The van der Waals surface area contributed by atoms with Gasteiger partial charge in [-0.2, -0.15) is 4.98 Å². The van der Waals surface area contributed by atoms with Crippen LogP contribution in [0.2, 0.25) is 0 Å². The molecule has 100 valence electrons.